The van der Waals surface area contributed by atoms with Crippen molar-refractivity contribution in [1.29, 1.82) is 0 Å². The standard InChI is InChI=1S/C27H26ClNO4/c1-17(2)10-11-29-15-21-13-22(7-8-23(21)26(29)30)33-16-18-4-3-5-19(12-18)20-6-9-25(28)24(14-20)27(31)32/h3-9,12-14,17H,10-11,15-16H2,1-2H3,(H,31,32). The SMILES string of the molecule is CC(C)CCN1Cc2cc(OCc3cccc(-c4ccc(Cl)c(C(=O)O)c4)c3)ccc2C1=O. The minimum Gasteiger partial charge on any atom is -0.489 e. The van der Waals surface area contributed by atoms with E-state index in [9.17, 15) is 14.7 Å². The molecule has 0 aromatic heterocycles. The third kappa shape index (κ3) is 5.20. The molecule has 1 aliphatic heterocycles. The number of halogens is 1. The van der Waals surface area contributed by atoms with Gasteiger partial charge in [0.2, 0.25) is 0 Å². The fourth-order valence-corrected chi connectivity index (χ4v) is 4.12. The van der Waals surface area contributed by atoms with Gasteiger partial charge in [0.05, 0.1) is 10.6 Å². The van der Waals surface area contributed by atoms with Gasteiger partial charge in [0.25, 0.3) is 5.91 Å². The molecule has 5 nitrogen and oxygen atoms in total. The predicted molar refractivity (Wildman–Crippen MR) is 129 cm³/mol. The largest absolute Gasteiger partial charge is 0.489 e. The molecular formula is C27H26ClNO4. The van der Waals surface area contributed by atoms with Crippen LogP contribution in [0, 0.1) is 5.92 Å². The summed E-state index contributed by atoms with van der Waals surface area (Å²) < 4.78 is 6.01. The summed E-state index contributed by atoms with van der Waals surface area (Å²) >= 11 is 5.99. The second-order valence-corrected chi connectivity index (χ2v) is 9.12. The summed E-state index contributed by atoms with van der Waals surface area (Å²) in [7, 11) is 0. The van der Waals surface area contributed by atoms with Crippen LogP contribution in [-0.2, 0) is 13.2 Å². The first kappa shape index (κ1) is 22.9. The Kier molecular flexibility index (Phi) is 6.70. The van der Waals surface area contributed by atoms with Crippen molar-refractivity contribution < 1.29 is 19.4 Å². The van der Waals surface area contributed by atoms with E-state index < -0.39 is 5.97 Å². The summed E-state index contributed by atoms with van der Waals surface area (Å²) in [5.74, 6) is 0.310. The van der Waals surface area contributed by atoms with Gasteiger partial charge >= 0.3 is 5.97 Å². The minimum atomic E-state index is -1.06. The fourth-order valence-electron chi connectivity index (χ4n) is 3.92. The normalized spacial score (nSPS) is 12.8. The Balaban J connectivity index is 1.45. The number of carboxylic acids is 1. The molecule has 33 heavy (non-hydrogen) atoms. The molecule has 170 valence electrons. The zero-order valence-electron chi connectivity index (χ0n) is 18.7. The number of hydrogen-bond acceptors (Lipinski definition) is 3. The molecular weight excluding hydrogens is 438 g/mol. The van der Waals surface area contributed by atoms with Crippen molar-refractivity contribution in [2.24, 2.45) is 5.92 Å². The van der Waals surface area contributed by atoms with Gasteiger partial charge in [-0.05, 0) is 71.0 Å². The summed E-state index contributed by atoms with van der Waals surface area (Å²) in [6.45, 7) is 6.06. The fraction of sp³-hybridized carbons (Fsp3) is 0.259. The Morgan fingerprint density at radius 2 is 1.88 bits per heavy atom. The highest BCUT2D eigenvalue weighted by molar-refractivity contribution is 6.33. The van der Waals surface area contributed by atoms with Gasteiger partial charge in [0.1, 0.15) is 12.4 Å². The topological polar surface area (TPSA) is 66.8 Å². The Labute approximate surface area is 198 Å². The van der Waals surface area contributed by atoms with Gasteiger partial charge in [-0.2, -0.15) is 0 Å². The number of carbonyl (C=O) groups is 2. The van der Waals surface area contributed by atoms with Crippen LogP contribution in [-0.4, -0.2) is 28.4 Å². The maximum Gasteiger partial charge on any atom is 0.337 e. The van der Waals surface area contributed by atoms with Crippen LogP contribution in [0.4, 0.5) is 0 Å². The van der Waals surface area contributed by atoms with E-state index in [1.165, 1.54) is 0 Å². The van der Waals surface area contributed by atoms with Gasteiger partial charge in [-0.1, -0.05) is 49.7 Å². The first-order valence-electron chi connectivity index (χ1n) is 11.0. The quantitative estimate of drug-likeness (QED) is 0.426. The average molecular weight is 464 g/mol. The highest BCUT2D eigenvalue weighted by Gasteiger charge is 2.27. The molecule has 0 bridgehead atoms. The van der Waals surface area contributed by atoms with Crippen LogP contribution in [0.3, 0.4) is 0 Å². The first-order valence-corrected chi connectivity index (χ1v) is 11.4. The molecule has 1 heterocycles. The summed E-state index contributed by atoms with van der Waals surface area (Å²) in [6.07, 6.45) is 0.987. The maximum atomic E-state index is 12.6. The lowest BCUT2D eigenvalue weighted by Crippen LogP contribution is -2.25. The van der Waals surface area contributed by atoms with Gasteiger partial charge in [-0.15, -0.1) is 0 Å². The molecule has 3 aromatic rings. The molecule has 0 saturated carbocycles. The van der Waals surface area contributed by atoms with Crippen molar-refractivity contribution in [1.82, 2.24) is 4.90 Å². The van der Waals surface area contributed by atoms with E-state index in [2.05, 4.69) is 13.8 Å². The molecule has 0 saturated heterocycles. The molecule has 0 spiro atoms. The van der Waals surface area contributed by atoms with E-state index in [1.54, 1.807) is 18.2 Å². The number of carbonyl (C=O) groups excluding carboxylic acids is 1. The van der Waals surface area contributed by atoms with E-state index in [0.29, 0.717) is 19.1 Å². The van der Waals surface area contributed by atoms with Crippen LogP contribution in [0.2, 0.25) is 5.02 Å². The maximum absolute atomic E-state index is 12.6. The second-order valence-electron chi connectivity index (χ2n) is 8.72. The number of benzene rings is 3. The van der Waals surface area contributed by atoms with Gasteiger partial charge in [0, 0.05) is 18.7 Å². The second kappa shape index (κ2) is 9.67. The van der Waals surface area contributed by atoms with Crippen LogP contribution >= 0.6 is 11.6 Å². The van der Waals surface area contributed by atoms with Crippen LogP contribution in [0.1, 0.15) is 52.1 Å². The molecule has 0 unspecified atom stereocenters. The van der Waals surface area contributed by atoms with Crippen LogP contribution in [0.25, 0.3) is 11.1 Å². The highest BCUT2D eigenvalue weighted by Crippen LogP contribution is 2.29. The number of aromatic carboxylic acids is 1. The summed E-state index contributed by atoms with van der Waals surface area (Å²) in [6, 6.07) is 18.4. The average Bonchev–Trinajstić information content (AvgIpc) is 3.11. The third-order valence-electron chi connectivity index (χ3n) is 5.79. The molecule has 4 rings (SSSR count). The molecule has 3 aromatic carbocycles. The lowest BCUT2D eigenvalue weighted by atomic mass is 10.0. The molecule has 0 radical (unpaired) electrons. The number of hydrogen-bond donors (Lipinski definition) is 1. The Morgan fingerprint density at radius 3 is 2.64 bits per heavy atom. The minimum absolute atomic E-state index is 0.0749. The number of amides is 1. The van der Waals surface area contributed by atoms with Gasteiger partial charge < -0.3 is 14.7 Å². The van der Waals surface area contributed by atoms with Crippen LogP contribution in [0.5, 0.6) is 5.75 Å². The van der Waals surface area contributed by atoms with Crippen LogP contribution < -0.4 is 4.74 Å². The van der Waals surface area contributed by atoms with E-state index in [0.717, 1.165) is 46.5 Å². The van der Waals surface area contributed by atoms with Crippen molar-refractivity contribution in [3.8, 4) is 16.9 Å². The Bertz CT molecular complexity index is 1200. The highest BCUT2D eigenvalue weighted by atomic mass is 35.5. The van der Waals surface area contributed by atoms with E-state index in [4.69, 9.17) is 16.3 Å². The van der Waals surface area contributed by atoms with Crippen molar-refractivity contribution in [3.05, 3.63) is 87.9 Å². The van der Waals surface area contributed by atoms with E-state index >= 15 is 0 Å². The molecule has 0 atom stereocenters. The molecule has 1 amide bonds. The van der Waals surface area contributed by atoms with Gasteiger partial charge in [-0.3, -0.25) is 4.79 Å². The summed E-state index contributed by atoms with van der Waals surface area (Å²) in [4.78, 5) is 25.9. The Hall–Kier alpha value is -3.31. The number of nitrogens with zero attached hydrogens (tertiary/aromatic N) is 1. The lowest BCUT2D eigenvalue weighted by molar-refractivity contribution is 0.0696. The summed E-state index contributed by atoms with van der Waals surface area (Å²) in [5.41, 5.74) is 4.44. The smallest absolute Gasteiger partial charge is 0.337 e. The van der Waals surface area contributed by atoms with Gasteiger partial charge in [0.15, 0.2) is 0 Å². The van der Waals surface area contributed by atoms with Gasteiger partial charge in [-0.25, -0.2) is 4.79 Å². The molecule has 1 N–H and O–H groups in total. The number of carboxylic acid groups (broad SMARTS) is 1. The lowest BCUT2D eigenvalue weighted by Gasteiger charge is -2.16. The van der Waals surface area contributed by atoms with Crippen molar-refractivity contribution >= 4 is 23.5 Å². The molecule has 6 heteroatoms. The Morgan fingerprint density at radius 1 is 1.09 bits per heavy atom. The number of ether oxygens (including phenoxy) is 1. The molecule has 0 fully saturated rings. The molecule has 0 aliphatic carbocycles. The van der Waals surface area contributed by atoms with Crippen LogP contribution in [0.15, 0.2) is 60.7 Å². The molecule has 1 aliphatic rings. The number of rotatable bonds is 8. The van der Waals surface area contributed by atoms with E-state index in [-0.39, 0.29) is 16.5 Å². The summed E-state index contributed by atoms with van der Waals surface area (Å²) in [5, 5.41) is 9.54. The van der Waals surface area contributed by atoms with Crippen molar-refractivity contribution in [3.63, 3.8) is 0 Å². The van der Waals surface area contributed by atoms with E-state index in [1.807, 2.05) is 47.4 Å². The monoisotopic (exact) mass is 463 g/mol. The zero-order chi connectivity index (χ0) is 23.5. The van der Waals surface area contributed by atoms with Crippen molar-refractivity contribution in [2.75, 3.05) is 6.54 Å². The number of fused-ring (bicyclic) bond motifs is 1. The zero-order valence-corrected chi connectivity index (χ0v) is 19.4. The third-order valence-corrected chi connectivity index (χ3v) is 6.12. The first-order chi connectivity index (χ1) is 15.8. The predicted octanol–water partition coefficient (Wildman–Crippen LogP) is 6.29. The van der Waals surface area contributed by atoms with Crippen molar-refractivity contribution in [2.45, 2.75) is 33.4 Å².